The predicted molar refractivity (Wildman–Crippen MR) is 78.4 cm³/mol. The van der Waals surface area contributed by atoms with Crippen molar-refractivity contribution in [3.63, 3.8) is 0 Å². The third-order valence-electron chi connectivity index (χ3n) is 4.53. The highest BCUT2D eigenvalue weighted by molar-refractivity contribution is 7.10. The highest BCUT2D eigenvalue weighted by Gasteiger charge is 2.35. The fourth-order valence-electron chi connectivity index (χ4n) is 3.47. The molecule has 2 aliphatic heterocycles. The van der Waals surface area contributed by atoms with Crippen LogP contribution in [0.25, 0.3) is 0 Å². The summed E-state index contributed by atoms with van der Waals surface area (Å²) in [5, 5.41) is 6.61. The monoisotopic (exact) mass is 284 g/mol. The van der Waals surface area contributed by atoms with Gasteiger partial charge in [0.25, 0.3) is 0 Å². The van der Waals surface area contributed by atoms with E-state index in [0.717, 1.165) is 23.7 Å². The highest BCUT2D eigenvalue weighted by Crippen LogP contribution is 2.32. The SMILES string of the molecule is CN1C2CCCC1CC(NCc1cc(Cl)cs1)C2. The Bertz CT molecular complexity index is 392. The van der Waals surface area contributed by atoms with Crippen molar-refractivity contribution >= 4 is 22.9 Å². The Balaban J connectivity index is 1.55. The van der Waals surface area contributed by atoms with E-state index < -0.39 is 0 Å². The minimum absolute atomic E-state index is 0.692. The molecule has 3 heterocycles. The third kappa shape index (κ3) is 2.74. The first kappa shape index (κ1) is 12.9. The van der Waals surface area contributed by atoms with Crippen LogP contribution in [0.15, 0.2) is 11.4 Å². The largest absolute Gasteiger partial charge is 0.309 e. The number of piperidine rings is 2. The number of halogens is 1. The van der Waals surface area contributed by atoms with E-state index in [-0.39, 0.29) is 0 Å². The number of rotatable bonds is 3. The number of thiophene rings is 1. The Labute approximate surface area is 118 Å². The second kappa shape index (κ2) is 5.49. The Morgan fingerprint density at radius 3 is 2.72 bits per heavy atom. The van der Waals surface area contributed by atoms with Crippen LogP contribution in [0, 0.1) is 0 Å². The summed E-state index contributed by atoms with van der Waals surface area (Å²) in [4.78, 5) is 3.97. The van der Waals surface area contributed by atoms with Gasteiger partial charge in [-0.05, 0) is 38.8 Å². The molecule has 1 aromatic heterocycles. The Kier molecular flexibility index (Phi) is 3.94. The maximum atomic E-state index is 5.95. The lowest BCUT2D eigenvalue weighted by Crippen LogP contribution is -2.54. The normalized spacial score (nSPS) is 32.7. The smallest absolute Gasteiger partial charge is 0.0516 e. The number of hydrogen-bond acceptors (Lipinski definition) is 3. The zero-order valence-electron chi connectivity index (χ0n) is 10.9. The molecule has 0 amide bonds. The van der Waals surface area contributed by atoms with Gasteiger partial charge < -0.3 is 10.2 Å². The van der Waals surface area contributed by atoms with Gasteiger partial charge in [0.2, 0.25) is 0 Å². The molecule has 2 atom stereocenters. The van der Waals surface area contributed by atoms with Gasteiger partial charge in [-0.1, -0.05) is 18.0 Å². The maximum Gasteiger partial charge on any atom is 0.0516 e. The number of nitrogens with zero attached hydrogens (tertiary/aromatic N) is 1. The summed E-state index contributed by atoms with van der Waals surface area (Å²) in [7, 11) is 2.31. The average molecular weight is 285 g/mol. The summed E-state index contributed by atoms with van der Waals surface area (Å²) in [6.45, 7) is 0.977. The van der Waals surface area contributed by atoms with Crippen LogP contribution >= 0.6 is 22.9 Å². The fourth-order valence-corrected chi connectivity index (χ4v) is 4.50. The molecule has 18 heavy (non-hydrogen) atoms. The van der Waals surface area contributed by atoms with Crippen LogP contribution in [0.2, 0.25) is 5.02 Å². The number of nitrogens with one attached hydrogen (secondary N) is 1. The molecule has 4 heteroatoms. The van der Waals surface area contributed by atoms with Crippen LogP contribution in [0.1, 0.15) is 37.0 Å². The first-order valence-electron chi connectivity index (χ1n) is 6.90. The van der Waals surface area contributed by atoms with Gasteiger partial charge >= 0.3 is 0 Å². The standard InChI is InChI=1S/C14H21ClN2S/c1-17-12-3-2-4-13(17)7-11(6-12)16-8-14-5-10(15)9-18-14/h5,9,11-13,16H,2-4,6-8H2,1H3. The van der Waals surface area contributed by atoms with E-state index in [9.17, 15) is 0 Å². The molecule has 0 radical (unpaired) electrons. The lowest BCUT2D eigenvalue weighted by Gasteiger charge is -2.47. The van der Waals surface area contributed by atoms with Gasteiger partial charge in [-0.2, -0.15) is 0 Å². The summed E-state index contributed by atoms with van der Waals surface area (Å²) in [5.41, 5.74) is 0. The highest BCUT2D eigenvalue weighted by atomic mass is 35.5. The van der Waals surface area contributed by atoms with E-state index in [0.29, 0.717) is 6.04 Å². The number of fused-ring (bicyclic) bond motifs is 2. The molecule has 2 bridgehead atoms. The molecule has 0 aliphatic carbocycles. The summed E-state index contributed by atoms with van der Waals surface area (Å²) in [5.74, 6) is 0. The first-order valence-corrected chi connectivity index (χ1v) is 8.16. The van der Waals surface area contributed by atoms with Crippen molar-refractivity contribution in [1.29, 1.82) is 0 Å². The van der Waals surface area contributed by atoms with Crippen molar-refractivity contribution in [2.45, 2.75) is 56.8 Å². The van der Waals surface area contributed by atoms with Crippen LogP contribution in [-0.4, -0.2) is 30.1 Å². The molecule has 2 unspecified atom stereocenters. The van der Waals surface area contributed by atoms with Gasteiger partial charge in [-0.15, -0.1) is 11.3 Å². The molecule has 2 nitrogen and oxygen atoms in total. The molecular formula is C14H21ClN2S. The van der Waals surface area contributed by atoms with Crippen LogP contribution in [0.4, 0.5) is 0 Å². The lowest BCUT2D eigenvalue weighted by atomic mass is 9.82. The van der Waals surface area contributed by atoms with E-state index in [1.54, 1.807) is 11.3 Å². The minimum atomic E-state index is 0.692. The zero-order chi connectivity index (χ0) is 12.5. The molecule has 2 aliphatic rings. The van der Waals surface area contributed by atoms with E-state index in [4.69, 9.17) is 11.6 Å². The van der Waals surface area contributed by atoms with Crippen molar-refractivity contribution in [3.8, 4) is 0 Å². The molecule has 3 rings (SSSR count). The quantitative estimate of drug-likeness (QED) is 0.914. The van der Waals surface area contributed by atoms with Gasteiger partial charge in [0.1, 0.15) is 0 Å². The van der Waals surface area contributed by atoms with Gasteiger partial charge in [0.05, 0.1) is 5.02 Å². The first-order chi connectivity index (χ1) is 8.72. The van der Waals surface area contributed by atoms with Gasteiger partial charge in [0, 0.05) is 34.9 Å². The molecular weight excluding hydrogens is 264 g/mol. The van der Waals surface area contributed by atoms with Gasteiger partial charge in [-0.3, -0.25) is 0 Å². The van der Waals surface area contributed by atoms with Crippen molar-refractivity contribution in [2.24, 2.45) is 0 Å². The van der Waals surface area contributed by atoms with Crippen molar-refractivity contribution in [1.82, 2.24) is 10.2 Å². The Hall–Kier alpha value is -0.0900. The average Bonchev–Trinajstić information content (AvgIpc) is 2.73. The minimum Gasteiger partial charge on any atom is -0.309 e. The molecule has 2 fully saturated rings. The van der Waals surface area contributed by atoms with Crippen LogP contribution in [-0.2, 0) is 6.54 Å². The van der Waals surface area contributed by atoms with Gasteiger partial charge in [-0.25, -0.2) is 0 Å². The molecule has 1 aromatic rings. The Morgan fingerprint density at radius 2 is 2.11 bits per heavy atom. The van der Waals surface area contributed by atoms with Crippen LogP contribution in [0.3, 0.4) is 0 Å². The second-order valence-electron chi connectivity index (χ2n) is 5.68. The maximum absolute atomic E-state index is 5.95. The molecule has 100 valence electrons. The molecule has 2 saturated heterocycles. The van der Waals surface area contributed by atoms with E-state index in [2.05, 4.69) is 23.3 Å². The zero-order valence-corrected chi connectivity index (χ0v) is 12.4. The van der Waals surface area contributed by atoms with Crippen LogP contribution in [0.5, 0.6) is 0 Å². The molecule has 0 spiro atoms. The third-order valence-corrected chi connectivity index (χ3v) is 5.81. The molecule has 0 aromatic carbocycles. The van der Waals surface area contributed by atoms with E-state index in [1.807, 2.05) is 5.38 Å². The Morgan fingerprint density at radius 1 is 1.39 bits per heavy atom. The summed E-state index contributed by atoms with van der Waals surface area (Å²) in [6, 6.07) is 4.39. The number of hydrogen-bond donors (Lipinski definition) is 1. The predicted octanol–water partition coefficient (Wildman–Crippen LogP) is 3.51. The summed E-state index contributed by atoms with van der Waals surface area (Å²) in [6.07, 6.45) is 6.82. The van der Waals surface area contributed by atoms with Crippen LogP contribution < -0.4 is 5.32 Å². The van der Waals surface area contributed by atoms with Crippen molar-refractivity contribution in [2.75, 3.05) is 7.05 Å². The van der Waals surface area contributed by atoms with E-state index in [1.165, 1.54) is 37.0 Å². The fraction of sp³-hybridized carbons (Fsp3) is 0.714. The molecule has 0 saturated carbocycles. The summed E-state index contributed by atoms with van der Waals surface area (Å²) >= 11 is 7.71. The van der Waals surface area contributed by atoms with Crippen molar-refractivity contribution < 1.29 is 0 Å². The van der Waals surface area contributed by atoms with E-state index >= 15 is 0 Å². The summed E-state index contributed by atoms with van der Waals surface area (Å²) < 4.78 is 0. The second-order valence-corrected chi connectivity index (χ2v) is 7.12. The van der Waals surface area contributed by atoms with Gasteiger partial charge in [0.15, 0.2) is 0 Å². The van der Waals surface area contributed by atoms with Crippen molar-refractivity contribution in [3.05, 3.63) is 21.3 Å². The molecule has 1 N–H and O–H groups in total. The topological polar surface area (TPSA) is 15.3 Å². The lowest BCUT2D eigenvalue weighted by molar-refractivity contribution is 0.0483.